The SMILES string of the molecule is COc1cccc(/C=C/C(=O)O[C@H](C)C(=O)Nc2c(C)n(C)n(-c3ccccc3)c2=O)c1. The predicted octanol–water partition coefficient (Wildman–Crippen LogP) is 3.08. The van der Waals surface area contributed by atoms with Crippen LogP contribution in [0.4, 0.5) is 5.69 Å². The zero-order valence-electron chi connectivity index (χ0n) is 18.4. The molecule has 0 saturated heterocycles. The summed E-state index contributed by atoms with van der Waals surface area (Å²) in [6.07, 6.45) is 1.70. The quantitative estimate of drug-likeness (QED) is 0.455. The second-order valence-corrected chi connectivity index (χ2v) is 7.11. The molecule has 1 atom stereocenters. The van der Waals surface area contributed by atoms with E-state index in [0.29, 0.717) is 17.1 Å². The molecule has 0 radical (unpaired) electrons. The number of carbonyl (C=O) groups excluding carboxylic acids is 2. The van der Waals surface area contributed by atoms with Gasteiger partial charge in [0.1, 0.15) is 11.4 Å². The molecule has 3 aromatic rings. The lowest BCUT2D eigenvalue weighted by Gasteiger charge is -2.11. The Morgan fingerprint density at radius 3 is 2.50 bits per heavy atom. The third kappa shape index (κ3) is 4.97. The van der Waals surface area contributed by atoms with Crippen LogP contribution in [-0.2, 0) is 21.4 Å². The Hall–Kier alpha value is -4.07. The molecule has 0 aliphatic carbocycles. The Labute approximate surface area is 185 Å². The van der Waals surface area contributed by atoms with E-state index in [9.17, 15) is 14.4 Å². The topological polar surface area (TPSA) is 91.6 Å². The van der Waals surface area contributed by atoms with Gasteiger partial charge in [-0.15, -0.1) is 0 Å². The number of ether oxygens (including phenoxy) is 2. The molecule has 1 aromatic heterocycles. The minimum Gasteiger partial charge on any atom is -0.497 e. The maximum Gasteiger partial charge on any atom is 0.331 e. The molecule has 3 rings (SSSR count). The van der Waals surface area contributed by atoms with Crippen LogP contribution in [-0.4, -0.2) is 34.5 Å². The molecule has 0 unspecified atom stereocenters. The molecule has 1 amide bonds. The molecule has 8 nitrogen and oxygen atoms in total. The lowest BCUT2D eigenvalue weighted by Crippen LogP contribution is -2.31. The number of hydrogen-bond donors (Lipinski definition) is 1. The van der Waals surface area contributed by atoms with Crippen molar-refractivity contribution in [2.75, 3.05) is 12.4 Å². The first kappa shape index (κ1) is 22.6. The highest BCUT2D eigenvalue weighted by Crippen LogP contribution is 2.15. The van der Waals surface area contributed by atoms with Crippen LogP contribution >= 0.6 is 0 Å². The number of aromatic nitrogens is 2. The van der Waals surface area contributed by atoms with Gasteiger partial charge in [0, 0.05) is 13.1 Å². The van der Waals surface area contributed by atoms with E-state index in [-0.39, 0.29) is 11.2 Å². The smallest absolute Gasteiger partial charge is 0.331 e. The van der Waals surface area contributed by atoms with E-state index in [0.717, 1.165) is 5.56 Å². The van der Waals surface area contributed by atoms with Crippen molar-refractivity contribution in [1.82, 2.24) is 9.36 Å². The van der Waals surface area contributed by atoms with E-state index < -0.39 is 18.0 Å². The molecular weight excluding hydrogens is 410 g/mol. The normalized spacial score (nSPS) is 11.9. The van der Waals surface area contributed by atoms with Crippen LogP contribution in [0.5, 0.6) is 5.75 Å². The van der Waals surface area contributed by atoms with Crippen molar-refractivity contribution in [3.63, 3.8) is 0 Å². The number of carbonyl (C=O) groups is 2. The van der Waals surface area contributed by atoms with Gasteiger partial charge in [-0.2, -0.15) is 0 Å². The summed E-state index contributed by atoms with van der Waals surface area (Å²) in [4.78, 5) is 37.6. The molecule has 0 fully saturated rings. The van der Waals surface area contributed by atoms with Crippen LogP contribution in [0.3, 0.4) is 0 Å². The number of nitrogens with zero attached hydrogens (tertiary/aromatic N) is 2. The molecule has 166 valence electrons. The largest absolute Gasteiger partial charge is 0.497 e. The number of methoxy groups -OCH3 is 1. The van der Waals surface area contributed by atoms with Crippen molar-refractivity contribution < 1.29 is 19.1 Å². The number of hydrogen-bond acceptors (Lipinski definition) is 5. The Morgan fingerprint density at radius 1 is 1.09 bits per heavy atom. The van der Waals surface area contributed by atoms with Crippen LogP contribution in [0.1, 0.15) is 18.2 Å². The van der Waals surface area contributed by atoms with Gasteiger partial charge in [-0.25, -0.2) is 9.48 Å². The molecule has 2 aromatic carbocycles. The fourth-order valence-corrected chi connectivity index (χ4v) is 3.11. The zero-order valence-corrected chi connectivity index (χ0v) is 18.4. The summed E-state index contributed by atoms with van der Waals surface area (Å²) in [6, 6.07) is 16.2. The summed E-state index contributed by atoms with van der Waals surface area (Å²) in [5.74, 6) is -0.617. The van der Waals surface area contributed by atoms with Crippen LogP contribution in [0, 0.1) is 6.92 Å². The molecule has 1 N–H and O–H groups in total. The number of anilines is 1. The number of para-hydroxylation sites is 1. The van der Waals surface area contributed by atoms with Gasteiger partial charge in [-0.05, 0) is 49.8 Å². The highest BCUT2D eigenvalue weighted by atomic mass is 16.5. The van der Waals surface area contributed by atoms with Gasteiger partial charge in [0.15, 0.2) is 6.10 Å². The summed E-state index contributed by atoms with van der Waals surface area (Å²) in [5.41, 5.74) is 1.76. The zero-order chi connectivity index (χ0) is 23.3. The number of rotatable bonds is 7. The Bertz CT molecular complexity index is 1210. The van der Waals surface area contributed by atoms with Crippen molar-refractivity contribution in [2.24, 2.45) is 7.05 Å². The van der Waals surface area contributed by atoms with Crippen LogP contribution in [0.15, 0.2) is 65.5 Å². The van der Waals surface area contributed by atoms with Gasteiger partial charge in [0.05, 0.1) is 18.5 Å². The van der Waals surface area contributed by atoms with Gasteiger partial charge in [0.25, 0.3) is 11.5 Å². The van der Waals surface area contributed by atoms with Crippen molar-refractivity contribution in [1.29, 1.82) is 0 Å². The van der Waals surface area contributed by atoms with E-state index in [4.69, 9.17) is 9.47 Å². The molecule has 0 bridgehead atoms. The second kappa shape index (κ2) is 9.82. The van der Waals surface area contributed by atoms with Crippen LogP contribution < -0.4 is 15.6 Å². The first-order valence-corrected chi connectivity index (χ1v) is 9.99. The third-order valence-corrected chi connectivity index (χ3v) is 4.97. The monoisotopic (exact) mass is 435 g/mol. The maximum absolute atomic E-state index is 12.9. The van der Waals surface area contributed by atoms with Crippen molar-refractivity contribution in [3.8, 4) is 11.4 Å². The number of amides is 1. The van der Waals surface area contributed by atoms with Gasteiger partial charge < -0.3 is 14.8 Å². The van der Waals surface area contributed by atoms with Crippen molar-refractivity contribution >= 4 is 23.6 Å². The summed E-state index contributed by atoms with van der Waals surface area (Å²) >= 11 is 0. The van der Waals surface area contributed by atoms with Gasteiger partial charge in [0.2, 0.25) is 0 Å². The van der Waals surface area contributed by atoms with Gasteiger partial charge in [-0.1, -0.05) is 30.3 Å². The molecule has 0 saturated carbocycles. The highest BCUT2D eigenvalue weighted by Gasteiger charge is 2.22. The summed E-state index contributed by atoms with van der Waals surface area (Å²) in [6.45, 7) is 3.17. The predicted molar refractivity (Wildman–Crippen MR) is 122 cm³/mol. The first-order valence-electron chi connectivity index (χ1n) is 9.99. The molecule has 0 aliphatic rings. The molecular formula is C24H25N3O5. The molecule has 0 spiro atoms. The minimum absolute atomic E-state index is 0.135. The number of benzene rings is 2. The summed E-state index contributed by atoms with van der Waals surface area (Å²) < 4.78 is 13.4. The minimum atomic E-state index is -1.10. The summed E-state index contributed by atoms with van der Waals surface area (Å²) in [7, 11) is 3.28. The van der Waals surface area contributed by atoms with E-state index in [1.54, 1.807) is 68.2 Å². The maximum atomic E-state index is 12.9. The average molecular weight is 435 g/mol. The second-order valence-electron chi connectivity index (χ2n) is 7.11. The lowest BCUT2D eigenvalue weighted by atomic mass is 10.2. The molecule has 0 aliphatic heterocycles. The van der Waals surface area contributed by atoms with Crippen LogP contribution in [0.25, 0.3) is 11.8 Å². The van der Waals surface area contributed by atoms with E-state index >= 15 is 0 Å². The number of nitrogens with one attached hydrogen (secondary N) is 1. The molecule has 1 heterocycles. The molecule has 32 heavy (non-hydrogen) atoms. The first-order chi connectivity index (χ1) is 15.3. The van der Waals surface area contributed by atoms with E-state index in [1.165, 1.54) is 17.7 Å². The van der Waals surface area contributed by atoms with Gasteiger partial charge >= 0.3 is 5.97 Å². The molecule has 8 heteroatoms. The van der Waals surface area contributed by atoms with Crippen molar-refractivity contribution in [2.45, 2.75) is 20.0 Å². The Balaban J connectivity index is 1.69. The highest BCUT2D eigenvalue weighted by molar-refractivity contribution is 5.97. The summed E-state index contributed by atoms with van der Waals surface area (Å²) in [5, 5.41) is 2.59. The van der Waals surface area contributed by atoms with E-state index in [2.05, 4.69) is 5.32 Å². The van der Waals surface area contributed by atoms with Gasteiger partial charge in [-0.3, -0.25) is 14.3 Å². The van der Waals surface area contributed by atoms with Crippen LogP contribution in [0.2, 0.25) is 0 Å². The average Bonchev–Trinajstić information content (AvgIpc) is 3.01. The number of esters is 1. The Kier molecular flexibility index (Phi) is 6.94. The van der Waals surface area contributed by atoms with Crippen molar-refractivity contribution in [3.05, 3.63) is 82.3 Å². The third-order valence-electron chi connectivity index (χ3n) is 4.97. The standard InChI is InChI=1S/C24H25N3O5/c1-16-22(24(30)27(26(16)3)19-10-6-5-7-11-19)25-23(29)17(2)32-21(28)14-13-18-9-8-12-20(15-18)31-4/h5-15,17H,1-4H3,(H,25,29)/b14-13+/t17-/m1/s1. The Morgan fingerprint density at radius 2 is 1.81 bits per heavy atom. The fraction of sp³-hybridized carbons (Fsp3) is 0.208. The fourth-order valence-electron chi connectivity index (χ4n) is 3.11. The lowest BCUT2D eigenvalue weighted by molar-refractivity contribution is -0.148. The van der Waals surface area contributed by atoms with E-state index in [1.807, 2.05) is 18.2 Å².